The lowest BCUT2D eigenvalue weighted by molar-refractivity contribution is 0.561. The van der Waals surface area contributed by atoms with Gasteiger partial charge in [0.2, 0.25) is 0 Å². The van der Waals surface area contributed by atoms with E-state index in [2.05, 4.69) is 9.97 Å². The highest BCUT2D eigenvalue weighted by Crippen LogP contribution is 2.23. The molecule has 5 nitrogen and oxygen atoms in total. The number of hydrogen-bond donors (Lipinski definition) is 0. The molecule has 0 N–H and O–H groups in total. The number of fused-ring (bicyclic) bond motifs is 2. The molecule has 0 bridgehead atoms. The fourth-order valence-electron chi connectivity index (χ4n) is 2.40. The minimum Gasteiger partial charge on any atom is -0.441 e. The van der Waals surface area contributed by atoms with Crippen molar-refractivity contribution in [3.8, 4) is 11.3 Å². The summed E-state index contributed by atoms with van der Waals surface area (Å²) in [7, 11) is 0. The zero-order valence-electron chi connectivity index (χ0n) is 11.3. The molecule has 0 aliphatic heterocycles. The maximum Gasteiger partial charge on any atom is 0.258 e. The van der Waals surface area contributed by atoms with Gasteiger partial charge in [-0.2, -0.15) is 0 Å². The molecule has 0 unspecified atom stereocenters. The molecule has 0 saturated carbocycles. The van der Waals surface area contributed by atoms with Gasteiger partial charge in [0.05, 0.1) is 5.69 Å². The minimum atomic E-state index is -0.107. The third-order valence-electron chi connectivity index (χ3n) is 3.36. The molecule has 0 saturated heterocycles. The van der Waals surface area contributed by atoms with Crippen LogP contribution in [0, 0.1) is 6.92 Å². The van der Waals surface area contributed by atoms with Crippen LogP contribution in [0.3, 0.4) is 0 Å². The van der Waals surface area contributed by atoms with Crippen molar-refractivity contribution in [2.75, 3.05) is 0 Å². The Balaban J connectivity index is 1.97. The van der Waals surface area contributed by atoms with Crippen LogP contribution < -0.4 is 5.56 Å². The van der Waals surface area contributed by atoms with Gasteiger partial charge < -0.3 is 4.42 Å². The van der Waals surface area contributed by atoms with Gasteiger partial charge in [0.15, 0.2) is 11.5 Å². The number of aromatic nitrogens is 3. The van der Waals surface area contributed by atoms with Crippen molar-refractivity contribution in [2.45, 2.75) is 6.92 Å². The van der Waals surface area contributed by atoms with Crippen molar-refractivity contribution in [3.63, 3.8) is 0 Å². The molecule has 4 rings (SSSR count). The molecule has 0 radical (unpaired) electrons. The maximum atomic E-state index is 12.1. The molecule has 3 heterocycles. The summed E-state index contributed by atoms with van der Waals surface area (Å²) in [4.78, 5) is 20.9. The van der Waals surface area contributed by atoms with Crippen LogP contribution in [0.5, 0.6) is 0 Å². The number of aryl methyl sites for hydroxylation is 1. The molecule has 21 heavy (non-hydrogen) atoms. The van der Waals surface area contributed by atoms with Gasteiger partial charge in [-0.15, -0.1) is 0 Å². The van der Waals surface area contributed by atoms with Crippen LogP contribution in [-0.4, -0.2) is 14.4 Å². The van der Waals surface area contributed by atoms with Crippen molar-refractivity contribution >= 4 is 16.7 Å². The van der Waals surface area contributed by atoms with E-state index < -0.39 is 0 Å². The third kappa shape index (κ3) is 1.90. The van der Waals surface area contributed by atoms with Gasteiger partial charge in [-0.25, -0.2) is 9.97 Å². The van der Waals surface area contributed by atoms with Crippen LogP contribution in [-0.2, 0) is 0 Å². The van der Waals surface area contributed by atoms with Gasteiger partial charge >= 0.3 is 0 Å². The Morgan fingerprint density at radius 2 is 2.00 bits per heavy atom. The quantitative estimate of drug-likeness (QED) is 0.537. The maximum absolute atomic E-state index is 12.1. The van der Waals surface area contributed by atoms with Crippen LogP contribution in [0.25, 0.3) is 28.0 Å². The van der Waals surface area contributed by atoms with Gasteiger partial charge in [0.1, 0.15) is 11.2 Å². The van der Waals surface area contributed by atoms with Crippen LogP contribution in [0.1, 0.15) is 5.89 Å². The Morgan fingerprint density at radius 1 is 1.10 bits per heavy atom. The Hall–Kier alpha value is -2.95. The largest absolute Gasteiger partial charge is 0.441 e. The normalized spacial score (nSPS) is 11.3. The first-order valence-electron chi connectivity index (χ1n) is 6.57. The lowest BCUT2D eigenvalue weighted by Gasteiger charge is -2.03. The molecule has 0 aliphatic rings. The highest BCUT2D eigenvalue weighted by Gasteiger charge is 2.08. The number of oxazole rings is 1. The average molecular weight is 277 g/mol. The molecule has 3 aromatic heterocycles. The fraction of sp³-hybridized carbons (Fsp3) is 0.0625. The van der Waals surface area contributed by atoms with Gasteiger partial charge in [0.25, 0.3) is 5.56 Å². The fourth-order valence-corrected chi connectivity index (χ4v) is 2.40. The molecule has 0 fully saturated rings. The number of benzene rings is 1. The van der Waals surface area contributed by atoms with Crippen molar-refractivity contribution in [1.29, 1.82) is 0 Å². The minimum absolute atomic E-state index is 0.107. The molecular weight excluding hydrogens is 266 g/mol. The van der Waals surface area contributed by atoms with Crippen LogP contribution in [0.2, 0.25) is 0 Å². The van der Waals surface area contributed by atoms with Gasteiger partial charge in [-0.3, -0.25) is 9.20 Å². The lowest BCUT2D eigenvalue weighted by atomic mass is 10.1. The summed E-state index contributed by atoms with van der Waals surface area (Å²) in [6, 6.07) is 12.6. The molecule has 102 valence electrons. The van der Waals surface area contributed by atoms with E-state index in [1.165, 1.54) is 10.5 Å². The Bertz CT molecular complexity index is 1030. The van der Waals surface area contributed by atoms with Crippen LogP contribution in [0.4, 0.5) is 0 Å². The summed E-state index contributed by atoms with van der Waals surface area (Å²) in [6.45, 7) is 1.81. The van der Waals surface area contributed by atoms with E-state index in [4.69, 9.17) is 4.42 Å². The molecular formula is C16H11N3O2. The number of rotatable bonds is 1. The molecule has 1 aromatic carbocycles. The molecule has 0 amide bonds. The highest BCUT2D eigenvalue weighted by molar-refractivity contribution is 5.79. The molecule has 0 spiro atoms. The van der Waals surface area contributed by atoms with E-state index in [0.717, 1.165) is 11.1 Å². The second kappa shape index (κ2) is 4.28. The third-order valence-corrected chi connectivity index (χ3v) is 3.36. The van der Waals surface area contributed by atoms with Crippen molar-refractivity contribution in [2.24, 2.45) is 0 Å². The van der Waals surface area contributed by atoms with Crippen molar-refractivity contribution in [1.82, 2.24) is 14.4 Å². The number of hydrogen-bond acceptors (Lipinski definition) is 4. The van der Waals surface area contributed by atoms with E-state index in [-0.39, 0.29) is 5.56 Å². The van der Waals surface area contributed by atoms with E-state index in [9.17, 15) is 4.79 Å². The van der Waals surface area contributed by atoms with Gasteiger partial charge in [-0.1, -0.05) is 12.1 Å². The summed E-state index contributed by atoms with van der Waals surface area (Å²) >= 11 is 0. The molecule has 4 aromatic rings. The first kappa shape index (κ1) is 11.8. The van der Waals surface area contributed by atoms with Crippen molar-refractivity contribution < 1.29 is 4.42 Å². The SMILES string of the molecule is Cc1nc2ccc(-c3cc(=O)n4ccccc4n3)cc2o1. The lowest BCUT2D eigenvalue weighted by Crippen LogP contribution is -2.13. The molecule has 5 heteroatoms. The number of nitrogens with zero attached hydrogens (tertiary/aromatic N) is 3. The Kier molecular flexibility index (Phi) is 2.41. The summed E-state index contributed by atoms with van der Waals surface area (Å²) in [5, 5.41) is 0. The zero-order valence-corrected chi connectivity index (χ0v) is 11.3. The smallest absolute Gasteiger partial charge is 0.258 e. The van der Waals surface area contributed by atoms with E-state index in [1.807, 2.05) is 30.3 Å². The Labute approximate surface area is 119 Å². The Morgan fingerprint density at radius 3 is 2.90 bits per heavy atom. The van der Waals surface area contributed by atoms with Crippen LogP contribution in [0.15, 0.2) is 57.9 Å². The standard InChI is InChI=1S/C16H11N3O2/c1-10-17-12-6-5-11(8-14(12)21-10)13-9-16(20)19-7-3-2-4-15(19)18-13/h2-9H,1H3. The van der Waals surface area contributed by atoms with E-state index >= 15 is 0 Å². The first-order valence-corrected chi connectivity index (χ1v) is 6.57. The highest BCUT2D eigenvalue weighted by atomic mass is 16.3. The topological polar surface area (TPSA) is 60.4 Å². The van der Waals surface area contributed by atoms with E-state index in [1.54, 1.807) is 19.2 Å². The predicted octanol–water partition coefficient (Wildman–Crippen LogP) is 2.81. The predicted molar refractivity (Wildman–Crippen MR) is 79.2 cm³/mol. The van der Waals surface area contributed by atoms with E-state index in [0.29, 0.717) is 22.8 Å². The van der Waals surface area contributed by atoms with Gasteiger partial charge in [-0.05, 0) is 24.3 Å². The second-order valence-corrected chi connectivity index (χ2v) is 4.82. The summed E-state index contributed by atoms with van der Waals surface area (Å²) in [5.41, 5.74) is 3.47. The van der Waals surface area contributed by atoms with Gasteiger partial charge in [0, 0.05) is 24.8 Å². The number of pyridine rings is 1. The summed E-state index contributed by atoms with van der Waals surface area (Å²) < 4.78 is 7.04. The summed E-state index contributed by atoms with van der Waals surface area (Å²) in [6.07, 6.45) is 1.71. The van der Waals surface area contributed by atoms with Crippen LogP contribution >= 0.6 is 0 Å². The monoisotopic (exact) mass is 277 g/mol. The summed E-state index contributed by atoms with van der Waals surface area (Å²) in [5.74, 6) is 0.619. The first-order chi connectivity index (χ1) is 10.2. The zero-order chi connectivity index (χ0) is 14.4. The molecule has 0 aliphatic carbocycles. The second-order valence-electron chi connectivity index (χ2n) is 4.82. The molecule has 0 atom stereocenters. The average Bonchev–Trinajstić information content (AvgIpc) is 2.86. The van der Waals surface area contributed by atoms with Crippen molar-refractivity contribution in [3.05, 3.63) is 64.9 Å².